The van der Waals surface area contributed by atoms with Gasteiger partial charge in [0.2, 0.25) is 0 Å². The zero-order valence-electron chi connectivity index (χ0n) is 15.9. The fourth-order valence-corrected chi connectivity index (χ4v) is 3.21. The van der Waals surface area contributed by atoms with E-state index in [0.717, 1.165) is 37.4 Å². The highest BCUT2D eigenvalue weighted by molar-refractivity contribution is 5.94. The summed E-state index contributed by atoms with van der Waals surface area (Å²) in [5.41, 5.74) is 4.34. The second kappa shape index (κ2) is 8.37. The summed E-state index contributed by atoms with van der Waals surface area (Å²) in [6.45, 7) is 8.36. The van der Waals surface area contributed by atoms with Gasteiger partial charge in [-0.15, -0.1) is 0 Å². The van der Waals surface area contributed by atoms with Crippen LogP contribution in [0.5, 0.6) is 0 Å². The third-order valence-electron chi connectivity index (χ3n) is 4.90. The first-order valence-corrected chi connectivity index (χ1v) is 9.31. The number of morpholine rings is 1. The Kier molecular flexibility index (Phi) is 5.94. The lowest BCUT2D eigenvalue weighted by Crippen LogP contribution is -2.36. The van der Waals surface area contributed by atoms with Crippen LogP contribution in [0.2, 0.25) is 0 Å². The first-order valence-electron chi connectivity index (χ1n) is 9.31. The van der Waals surface area contributed by atoms with Crippen LogP contribution < -0.4 is 4.90 Å². The van der Waals surface area contributed by atoms with Crippen LogP contribution in [-0.2, 0) is 11.3 Å². The van der Waals surface area contributed by atoms with E-state index in [1.807, 2.05) is 31.3 Å². The minimum Gasteiger partial charge on any atom is -0.378 e. The summed E-state index contributed by atoms with van der Waals surface area (Å²) in [7, 11) is 1.86. The summed E-state index contributed by atoms with van der Waals surface area (Å²) in [6.07, 6.45) is 0. The molecular weight excluding hydrogens is 324 g/mol. The summed E-state index contributed by atoms with van der Waals surface area (Å²) in [4.78, 5) is 16.8. The number of hydrogen-bond acceptors (Lipinski definition) is 3. The number of carbonyl (C=O) groups excluding carboxylic acids is 1. The number of ether oxygens (including phenoxy) is 1. The molecular formula is C22H28N2O2. The van der Waals surface area contributed by atoms with Crippen molar-refractivity contribution in [2.75, 3.05) is 38.3 Å². The molecule has 4 nitrogen and oxygen atoms in total. The van der Waals surface area contributed by atoms with Crippen molar-refractivity contribution in [1.29, 1.82) is 0 Å². The average Bonchev–Trinajstić information content (AvgIpc) is 2.68. The van der Waals surface area contributed by atoms with Gasteiger partial charge in [-0.3, -0.25) is 4.79 Å². The highest BCUT2D eigenvalue weighted by atomic mass is 16.5. The number of nitrogens with zero attached hydrogens (tertiary/aromatic N) is 2. The van der Waals surface area contributed by atoms with Gasteiger partial charge in [0.15, 0.2) is 0 Å². The Morgan fingerprint density at radius 3 is 2.23 bits per heavy atom. The Morgan fingerprint density at radius 2 is 1.65 bits per heavy atom. The Hall–Kier alpha value is -2.33. The van der Waals surface area contributed by atoms with E-state index < -0.39 is 0 Å². The molecule has 0 bridgehead atoms. The van der Waals surface area contributed by atoms with Crippen LogP contribution in [0.4, 0.5) is 5.69 Å². The van der Waals surface area contributed by atoms with Gasteiger partial charge >= 0.3 is 0 Å². The third kappa shape index (κ3) is 4.44. The molecule has 2 aromatic carbocycles. The molecule has 1 heterocycles. The van der Waals surface area contributed by atoms with Gasteiger partial charge in [-0.25, -0.2) is 0 Å². The minimum atomic E-state index is 0.0533. The zero-order valence-corrected chi connectivity index (χ0v) is 15.9. The van der Waals surface area contributed by atoms with Crippen LogP contribution in [0.3, 0.4) is 0 Å². The fraction of sp³-hybridized carbons (Fsp3) is 0.409. The van der Waals surface area contributed by atoms with E-state index in [1.54, 1.807) is 4.90 Å². The molecule has 1 fully saturated rings. The molecule has 1 amide bonds. The van der Waals surface area contributed by atoms with Crippen LogP contribution in [0.1, 0.15) is 41.3 Å². The smallest absolute Gasteiger partial charge is 0.253 e. The van der Waals surface area contributed by atoms with Crippen molar-refractivity contribution in [2.24, 2.45) is 0 Å². The molecule has 0 spiro atoms. The molecule has 138 valence electrons. The minimum absolute atomic E-state index is 0.0533. The average molecular weight is 352 g/mol. The van der Waals surface area contributed by atoms with Gasteiger partial charge in [0.25, 0.3) is 5.91 Å². The van der Waals surface area contributed by atoms with Crippen LogP contribution in [-0.4, -0.2) is 44.2 Å². The molecule has 26 heavy (non-hydrogen) atoms. The number of rotatable bonds is 5. The molecule has 2 aromatic rings. The first kappa shape index (κ1) is 18.5. The SMILES string of the molecule is CC(C)c1ccc(C(=O)N(C)Cc2ccc(N3CCOCC3)cc2)cc1. The number of anilines is 1. The lowest BCUT2D eigenvalue weighted by atomic mass is 10.0. The van der Waals surface area contributed by atoms with Crippen LogP contribution in [0.25, 0.3) is 0 Å². The first-order chi connectivity index (χ1) is 12.5. The van der Waals surface area contributed by atoms with Gasteiger partial charge in [-0.1, -0.05) is 38.1 Å². The van der Waals surface area contributed by atoms with E-state index in [-0.39, 0.29) is 5.91 Å². The molecule has 0 aliphatic carbocycles. The summed E-state index contributed by atoms with van der Waals surface area (Å²) < 4.78 is 5.40. The van der Waals surface area contributed by atoms with Gasteiger partial charge in [-0.2, -0.15) is 0 Å². The van der Waals surface area contributed by atoms with Crippen molar-refractivity contribution in [3.05, 3.63) is 65.2 Å². The van der Waals surface area contributed by atoms with Gasteiger partial charge in [0.1, 0.15) is 0 Å². The largest absolute Gasteiger partial charge is 0.378 e. The summed E-state index contributed by atoms with van der Waals surface area (Å²) in [6, 6.07) is 16.4. The maximum absolute atomic E-state index is 12.6. The molecule has 1 aliphatic rings. The number of carbonyl (C=O) groups is 1. The number of benzene rings is 2. The molecule has 0 atom stereocenters. The number of amides is 1. The lowest BCUT2D eigenvalue weighted by molar-refractivity contribution is 0.0785. The van der Waals surface area contributed by atoms with E-state index in [2.05, 4.69) is 43.0 Å². The normalized spacial score (nSPS) is 14.5. The van der Waals surface area contributed by atoms with Crippen molar-refractivity contribution in [1.82, 2.24) is 4.90 Å². The molecule has 0 saturated carbocycles. The zero-order chi connectivity index (χ0) is 18.5. The molecule has 4 heteroatoms. The lowest BCUT2D eigenvalue weighted by Gasteiger charge is -2.29. The molecule has 3 rings (SSSR count). The standard InChI is InChI=1S/C22H28N2O2/c1-17(2)19-6-8-20(9-7-19)22(25)23(3)16-18-4-10-21(11-5-18)24-12-14-26-15-13-24/h4-11,17H,12-16H2,1-3H3. The highest BCUT2D eigenvalue weighted by Gasteiger charge is 2.14. The topological polar surface area (TPSA) is 32.8 Å². The Balaban J connectivity index is 1.61. The van der Waals surface area contributed by atoms with Crippen LogP contribution >= 0.6 is 0 Å². The second-order valence-electron chi connectivity index (χ2n) is 7.20. The number of hydrogen-bond donors (Lipinski definition) is 0. The molecule has 1 saturated heterocycles. The van der Waals surface area contributed by atoms with Crippen molar-refractivity contribution >= 4 is 11.6 Å². The Labute approximate surface area is 156 Å². The van der Waals surface area contributed by atoms with E-state index in [9.17, 15) is 4.79 Å². The molecule has 0 unspecified atom stereocenters. The second-order valence-corrected chi connectivity index (χ2v) is 7.20. The predicted octanol–water partition coefficient (Wildman–Crippen LogP) is 3.92. The van der Waals surface area contributed by atoms with Crippen molar-refractivity contribution in [2.45, 2.75) is 26.3 Å². The summed E-state index contributed by atoms with van der Waals surface area (Å²) in [5.74, 6) is 0.527. The maximum Gasteiger partial charge on any atom is 0.253 e. The fourth-order valence-electron chi connectivity index (χ4n) is 3.21. The molecule has 0 aromatic heterocycles. The molecule has 0 N–H and O–H groups in total. The van der Waals surface area contributed by atoms with Gasteiger partial charge in [0, 0.05) is 37.9 Å². The highest BCUT2D eigenvalue weighted by Crippen LogP contribution is 2.19. The Bertz CT molecular complexity index is 717. The third-order valence-corrected chi connectivity index (χ3v) is 4.90. The molecule has 1 aliphatic heterocycles. The van der Waals surface area contributed by atoms with Crippen molar-refractivity contribution in [3.63, 3.8) is 0 Å². The monoisotopic (exact) mass is 352 g/mol. The summed E-state index contributed by atoms with van der Waals surface area (Å²) in [5, 5.41) is 0. The van der Waals surface area contributed by atoms with E-state index >= 15 is 0 Å². The molecule has 0 radical (unpaired) electrons. The van der Waals surface area contributed by atoms with Crippen molar-refractivity contribution < 1.29 is 9.53 Å². The quantitative estimate of drug-likeness (QED) is 0.818. The van der Waals surface area contributed by atoms with E-state index in [1.165, 1.54) is 11.3 Å². The van der Waals surface area contributed by atoms with Gasteiger partial charge in [-0.05, 0) is 41.3 Å². The van der Waals surface area contributed by atoms with E-state index in [0.29, 0.717) is 12.5 Å². The Morgan fingerprint density at radius 1 is 1.04 bits per heavy atom. The van der Waals surface area contributed by atoms with Crippen molar-refractivity contribution in [3.8, 4) is 0 Å². The summed E-state index contributed by atoms with van der Waals surface area (Å²) >= 11 is 0. The van der Waals surface area contributed by atoms with E-state index in [4.69, 9.17) is 4.74 Å². The predicted molar refractivity (Wildman–Crippen MR) is 106 cm³/mol. The van der Waals surface area contributed by atoms with Crippen LogP contribution in [0, 0.1) is 0 Å². The maximum atomic E-state index is 12.6. The van der Waals surface area contributed by atoms with Crippen LogP contribution in [0.15, 0.2) is 48.5 Å². The van der Waals surface area contributed by atoms with Gasteiger partial charge < -0.3 is 14.5 Å². The van der Waals surface area contributed by atoms with Gasteiger partial charge in [0.05, 0.1) is 13.2 Å².